The van der Waals surface area contributed by atoms with E-state index in [2.05, 4.69) is 48.0 Å². The fraction of sp³-hybridized carbons (Fsp3) is 0.667. The molecule has 0 amide bonds. The lowest BCUT2D eigenvalue weighted by Gasteiger charge is -2.37. The largest absolute Gasteiger partial charge is 0.314 e. The summed E-state index contributed by atoms with van der Waals surface area (Å²) in [5, 5.41) is 7.39. The highest BCUT2D eigenvalue weighted by Gasteiger charge is 2.38. The van der Waals surface area contributed by atoms with Crippen LogP contribution in [0.4, 0.5) is 0 Å². The molecule has 2 fully saturated rings. The van der Waals surface area contributed by atoms with Gasteiger partial charge in [0.1, 0.15) is 0 Å². The summed E-state index contributed by atoms with van der Waals surface area (Å²) in [5.41, 5.74) is 1.92. The van der Waals surface area contributed by atoms with E-state index in [1.165, 1.54) is 50.5 Å². The van der Waals surface area contributed by atoms with Crippen molar-refractivity contribution in [1.29, 1.82) is 0 Å². The van der Waals surface area contributed by atoms with Crippen LogP contribution in [0.2, 0.25) is 0 Å². The van der Waals surface area contributed by atoms with Crippen molar-refractivity contribution in [2.45, 2.75) is 62.4 Å². The molecule has 0 bridgehead atoms. The van der Waals surface area contributed by atoms with Crippen LogP contribution in [-0.4, -0.2) is 25.2 Å². The SMILES string of the molecule is CNC1(CCNC2CC2c2ccccc2)CCCCC1. The Bertz CT molecular complexity index is 409. The highest BCUT2D eigenvalue weighted by molar-refractivity contribution is 5.27. The van der Waals surface area contributed by atoms with Gasteiger partial charge in [-0.1, -0.05) is 49.6 Å². The van der Waals surface area contributed by atoms with Crippen molar-refractivity contribution in [3.8, 4) is 0 Å². The van der Waals surface area contributed by atoms with Crippen molar-refractivity contribution in [3.05, 3.63) is 35.9 Å². The third kappa shape index (κ3) is 3.24. The van der Waals surface area contributed by atoms with Gasteiger partial charge in [0.25, 0.3) is 0 Å². The molecule has 2 saturated carbocycles. The number of hydrogen-bond donors (Lipinski definition) is 2. The topological polar surface area (TPSA) is 24.1 Å². The Morgan fingerprint density at radius 3 is 2.55 bits per heavy atom. The monoisotopic (exact) mass is 272 g/mol. The van der Waals surface area contributed by atoms with E-state index < -0.39 is 0 Å². The zero-order valence-electron chi connectivity index (χ0n) is 12.7. The van der Waals surface area contributed by atoms with E-state index in [1.807, 2.05) is 0 Å². The smallest absolute Gasteiger partial charge is 0.0190 e. The fourth-order valence-electron chi connectivity index (χ4n) is 3.84. The maximum Gasteiger partial charge on any atom is 0.0190 e. The molecule has 2 heteroatoms. The lowest BCUT2D eigenvalue weighted by molar-refractivity contribution is 0.228. The third-order valence-corrected chi connectivity index (χ3v) is 5.37. The molecule has 0 radical (unpaired) electrons. The van der Waals surface area contributed by atoms with Gasteiger partial charge >= 0.3 is 0 Å². The Morgan fingerprint density at radius 1 is 1.10 bits per heavy atom. The molecular weight excluding hydrogens is 244 g/mol. The molecule has 3 rings (SSSR count). The molecule has 2 unspecified atom stereocenters. The molecule has 0 aromatic heterocycles. The lowest BCUT2D eigenvalue weighted by atomic mass is 9.79. The van der Waals surface area contributed by atoms with E-state index in [-0.39, 0.29) is 0 Å². The fourth-order valence-corrected chi connectivity index (χ4v) is 3.84. The number of hydrogen-bond acceptors (Lipinski definition) is 2. The van der Waals surface area contributed by atoms with Crippen LogP contribution in [0, 0.1) is 0 Å². The average Bonchev–Trinajstić information content (AvgIpc) is 3.29. The molecule has 2 nitrogen and oxygen atoms in total. The molecule has 0 heterocycles. The average molecular weight is 272 g/mol. The quantitative estimate of drug-likeness (QED) is 0.829. The second kappa shape index (κ2) is 6.28. The van der Waals surface area contributed by atoms with Gasteiger partial charge in [0.15, 0.2) is 0 Å². The van der Waals surface area contributed by atoms with Crippen LogP contribution in [0.25, 0.3) is 0 Å². The molecule has 1 aromatic carbocycles. The van der Waals surface area contributed by atoms with Gasteiger partial charge in [-0.2, -0.15) is 0 Å². The summed E-state index contributed by atoms with van der Waals surface area (Å²) in [6.45, 7) is 1.16. The van der Waals surface area contributed by atoms with E-state index in [0.717, 1.165) is 18.5 Å². The van der Waals surface area contributed by atoms with Gasteiger partial charge in [-0.15, -0.1) is 0 Å². The Balaban J connectivity index is 1.43. The van der Waals surface area contributed by atoms with Crippen molar-refractivity contribution in [2.24, 2.45) is 0 Å². The van der Waals surface area contributed by atoms with Crippen molar-refractivity contribution >= 4 is 0 Å². The lowest BCUT2D eigenvalue weighted by Crippen LogP contribution is -2.46. The van der Waals surface area contributed by atoms with E-state index in [0.29, 0.717) is 5.54 Å². The Hall–Kier alpha value is -0.860. The van der Waals surface area contributed by atoms with Gasteiger partial charge < -0.3 is 10.6 Å². The van der Waals surface area contributed by atoms with Crippen LogP contribution in [0.3, 0.4) is 0 Å². The maximum atomic E-state index is 3.77. The molecule has 2 aliphatic carbocycles. The Kier molecular flexibility index (Phi) is 4.42. The minimum atomic E-state index is 0.419. The Morgan fingerprint density at radius 2 is 1.85 bits per heavy atom. The number of nitrogens with one attached hydrogen (secondary N) is 2. The molecule has 0 aliphatic heterocycles. The van der Waals surface area contributed by atoms with Gasteiger partial charge in [0.05, 0.1) is 0 Å². The number of rotatable bonds is 6. The molecule has 2 N–H and O–H groups in total. The maximum absolute atomic E-state index is 3.77. The molecule has 0 saturated heterocycles. The first-order valence-electron chi connectivity index (χ1n) is 8.30. The van der Waals surface area contributed by atoms with Crippen LogP contribution in [0.1, 0.15) is 56.4 Å². The van der Waals surface area contributed by atoms with Crippen LogP contribution in [-0.2, 0) is 0 Å². The van der Waals surface area contributed by atoms with Crippen molar-refractivity contribution in [3.63, 3.8) is 0 Å². The van der Waals surface area contributed by atoms with Gasteiger partial charge in [-0.3, -0.25) is 0 Å². The van der Waals surface area contributed by atoms with Crippen molar-refractivity contribution in [2.75, 3.05) is 13.6 Å². The normalized spacial score (nSPS) is 28.2. The van der Waals surface area contributed by atoms with Crippen LogP contribution in [0.15, 0.2) is 30.3 Å². The summed E-state index contributed by atoms with van der Waals surface area (Å²) in [4.78, 5) is 0. The molecule has 110 valence electrons. The second-order valence-electron chi connectivity index (χ2n) is 6.65. The summed E-state index contributed by atoms with van der Waals surface area (Å²) < 4.78 is 0. The van der Waals surface area contributed by atoms with Gasteiger partial charge in [-0.25, -0.2) is 0 Å². The summed E-state index contributed by atoms with van der Waals surface area (Å²) >= 11 is 0. The highest BCUT2D eigenvalue weighted by atomic mass is 15.0. The summed E-state index contributed by atoms with van der Waals surface area (Å²) in [6.07, 6.45) is 9.54. The Labute approximate surface area is 123 Å². The van der Waals surface area contributed by atoms with E-state index in [4.69, 9.17) is 0 Å². The van der Waals surface area contributed by atoms with Gasteiger partial charge in [0, 0.05) is 17.5 Å². The van der Waals surface area contributed by atoms with Crippen molar-refractivity contribution in [1.82, 2.24) is 10.6 Å². The predicted molar refractivity (Wildman–Crippen MR) is 85.1 cm³/mol. The molecule has 0 spiro atoms. The van der Waals surface area contributed by atoms with Gasteiger partial charge in [0.2, 0.25) is 0 Å². The van der Waals surface area contributed by atoms with E-state index in [1.54, 1.807) is 0 Å². The first-order chi connectivity index (χ1) is 9.83. The van der Waals surface area contributed by atoms with Crippen LogP contribution in [0.5, 0.6) is 0 Å². The summed E-state index contributed by atoms with van der Waals surface area (Å²) in [7, 11) is 2.15. The van der Waals surface area contributed by atoms with E-state index >= 15 is 0 Å². The molecular formula is C18H28N2. The van der Waals surface area contributed by atoms with Crippen LogP contribution < -0.4 is 10.6 Å². The summed E-state index contributed by atoms with van der Waals surface area (Å²) in [5.74, 6) is 0.757. The zero-order chi connectivity index (χ0) is 13.8. The highest BCUT2D eigenvalue weighted by Crippen LogP contribution is 2.40. The minimum absolute atomic E-state index is 0.419. The molecule has 2 atom stereocenters. The van der Waals surface area contributed by atoms with Crippen LogP contribution >= 0.6 is 0 Å². The molecule has 1 aromatic rings. The first-order valence-corrected chi connectivity index (χ1v) is 8.30. The molecule has 20 heavy (non-hydrogen) atoms. The second-order valence-corrected chi connectivity index (χ2v) is 6.65. The standard InChI is InChI=1S/C18H28N2/c1-19-18(10-6-3-7-11-18)12-13-20-17-14-16(17)15-8-4-2-5-9-15/h2,4-5,8-9,16-17,19-20H,3,6-7,10-14H2,1H3. The van der Waals surface area contributed by atoms with E-state index in [9.17, 15) is 0 Å². The first kappa shape index (κ1) is 14.1. The minimum Gasteiger partial charge on any atom is -0.314 e. The number of benzene rings is 1. The predicted octanol–water partition coefficient (Wildman–Crippen LogP) is 3.44. The van der Waals surface area contributed by atoms with Gasteiger partial charge in [-0.05, 0) is 44.8 Å². The molecule has 2 aliphatic rings. The third-order valence-electron chi connectivity index (χ3n) is 5.37. The zero-order valence-corrected chi connectivity index (χ0v) is 12.7. The summed E-state index contributed by atoms with van der Waals surface area (Å²) in [6, 6.07) is 11.7. The van der Waals surface area contributed by atoms with Crippen molar-refractivity contribution < 1.29 is 0 Å².